The van der Waals surface area contributed by atoms with Gasteiger partial charge in [0.05, 0.1) is 6.10 Å². The highest BCUT2D eigenvalue weighted by atomic mass is 32.2. The fourth-order valence-corrected chi connectivity index (χ4v) is 5.56. The highest BCUT2D eigenvalue weighted by molar-refractivity contribution is 8.00. The minimum absolute atomic E-state index is 0.0707. The number of β-lactam (4-membered cyclic amide) rings is 1. The van der Waals surface area contributed by atoms with Gasteiger partial charge in [-0.05, 0) is 13.8 Å². The maximum Gasteiger partial charge on any atom is 0.352 e. The number of carboxylic acids is 1. The van der Waals surface area contributed by atoms with Crippen LogP contribution >= 0.6 is 11.8 Å². The van der Waals surface area contributed by atoms with E-state index in [4.69, 9.17) is 9.94 Å². The Labute approximate surface area is 225 Å². The number of carbonyl (C=O) groups excluding carboxylic acids is 6. The molecule has 0 aromatic carbocycles. The van der Waals surface area contributed by atoms with Crippen molar-refractivity contribution in [3.63, 3.8) is 0 Å². The van der Waals surface area contributed by atoms with E-state index >= 15 is 0 Å². The molecule has 0 aromatic rings. The maximum atomic E-state index is 13.1. The van der Waals surface area contributed by atoms with Crippen LogP contribution in [-0.2, 0) is 33.5 Å². The Balaban J connectivity index is 1.84. The Morgan fingerprint density at radius 2 is 1.79 bits per heavy atom. The van der Waals surface area contributed by atoms with Crippen molar-refractivity contribution in [1.82, 2.24) is 30.8 Å². The molecule has 2 fully saturated rings. The molecule has 18 heteroatoms. The number of nitrogens with zero attached hydrogens (tertiary/aromatic N) is 3. The summed E-state index contributed by atoms with van der Waals surface area (Å²) in [4.78, 5) is 89.3. The highest BCUT2D eigenvalue weighted by Gasteiger charge is 2.54. The first-order valence-corrected chi connectivity index (χ1v) is 12.8. The van der Waals surface area contributed by atoms with Crippen molar-refractivity contribution in [3.05, 3.63) is 11.3 Å². The number of aliphatic hydroxyl groups excluding tert-OH is 1. The highest BCUT2D eigenvalue weighted by Crippen LogP contribution is 2.41. The topological polar surface area (TPSA) is 235 Å². The van der Waals surface area contributed by atoms with Crippen molar-refractivity contribution in [2.75, 3.05) is 25.4 Å². The van der Waals surface area contributed by atoms with Gasteiger partial charge in [-0.3, -0.25) is 33.8 Å². The summed E-state index contributed by atoms with van der Waals surface area (Å²) in [5.41, 5.74) is 1.05. The number of amides is 6. The number of piperazine rings is 1. The van der Waals surface area contributed by atoms with Crippen LogP contribution in [0.25, 0.3) is 0 Å². The summed E-state index contributed by atoms with van der Waals surface area (Å²) in [5, 5.41) is 32.8. The summed E-state index contributed by atoms with van der Waals surface area (Å²) >= 11 is 1.03. The lowest BCUT2D eigenvalue weighted by molar-refractivity contribution is -0.154. The number of likely N-dealkylation sites (N-methyl/N-ethyl adjacent to an activating group) is 1. The number of hydroxylamine groups is 1. The molecular weight excluding hydrogens is 544 g/mol. The number of fused-ring (bicyclic) bond motifs is 1. The molecule has 214 valence electrons. The lowest BCUT2D eigenvalue weighted by Crippen LogP contribution is -2.70. The fraction of sp³-hybridized carbons (Fsp3) is 0.571. The first kappa shape index (κ1) is 29.8. The van der Waals surface area contributed by atoms with Gasteiger partial charge in [0.2, 0.25) is 12.1 Å². The second-order valence-corrected chi connectivity index (χ2v) is 9.81. The molecule has 0 spiro atoms. The molecule has 39 heavy (non-hydrogen) atoms. The van der Waals surface area contributed by atoms with Gasteiger partial charge in [0.15, 0.2) is 0 Å². The second-order valence-electron chi connectivity index (χ2n) is 8.70. The summed E-state index contributed by atoms with van der Waals surface area (Å²) in [5.74, 6) is -6.56. The molecule has 3 heterocycles. The van der Waals surface area contributed by atoms with E-state index in [1.54, 1.807) is 12.4 Å². The molecule has 0 saturated carbocycles. The predicted octanol–water partition coefficient (Wildman–Crippen LogP) is -3.26. The van der Waals surface area contributed by atoms with Gasteiger partial charge < -0.3 is 35.7 Å². The van der Waals surface area contributed by atoms with Crippen LogP contribution in [0.5, 0.6) is 0 Å². The summed E-state index contributed by atoms with van der Waals surface area (Å²) in [6.45, 7) is 3.97. The normalized spacial score (nSPS) is 23.4. The van der Waals surface area contributed by atoms with Crippen LogP contribution in [0.1, 0.15) is 20.8 Å². The zero-order valence-corrected chi connectivity index (χ0v) is 21.9. The number of hydrogen-bond donors (Lipinski definition) is 6. The molecule has 3 aliphatic heterocycles. The van der Waals surface area contributed by atoms with E-state index in [0.29, 0.717) is 4.90 Å². The molecule has 2 saturated heterocycles. The maximum absolute atomic E-state index is 13.1. The Bertz CT molecular complexity index is 1130. The quantitative estimate of drug-likeness (QED) is 0.0524. The lowest BCUT2D eigenvalue weighted by Gasteiger charge is -2.49. The number of imide groups is 1. The Hall–Kier alpha value is -3.74. The molecule has 3 rings (SSSR count). The molecule has 6 amide bonds. The number of rotatable bonds is 9. The van der Waals surface area contributed by atoms with Gasteiger partial charge in [-0.15, -0.1) is 11.8 Å². The fourth-order valence-electron chi connectivity index (χ4n) is 4.19. The molecule has 6 N–H and O–H groups in total. The summed E-state index contributed by atoms with van der Waals surface area (Å²) in [7, 11) is 0. The van der Waals surface area contributed by atoms with E-state index in [-0.39, 0.29) is 31.0 Å². The van der Waals surface area contributed by atoms with Crippen molar-refractivity contribution >= 4 is 53.4 Å². The SMILES string of the molecule is CCN1CCN(C(=O)N[C@@H](C(=O)NC(OC(C)=O)C2=C(C(=O)O)N3C(=O)[C@H](NO)[C@H]3SC2)[C@H](C)O)C(=O)C1=O. The number of hydrogen-bond acceptors (Lipinski definition) is 12. The average Bonchev–Trinajstić information content (AvgIpc) is 2.86. The van der Waals surface area contributed by atoms with Crippen molar-refractivity contribution in [1.29, 1.82) is 0 Å². The number of carboxylic acid groups (broad SMARTS) is 1. The van der Waals surface area contributed by atoms with Crippen molar-refractivity contribution in [2.24, 2.45) is 0 Å². The van der Waals surface area contributed by atoms with E-state index in [9.17, 15) is 43.8 Å². The van der Waals surface area contributed by atoms with Crippen LogP contribution in [0.15, 0.2) is 11.3 Å². The minimum atomic E-state index is -1.73. The second kappa shape index (κ2) is 12.0. The Kier molecular flexibility index (Phi) is 9.15. The number of ether oxygens (including phenoxy) is 1. The van der Waals surface area contributed by atoms with Crippen LogP contribution in [0.2, 0.25) is 0 Å². The smallest absolute Gasteiger partial charge is 0.352 e. The number of thioether (sulfide) groups is 1. The van der Waals surface area contributed by atoms with Gasteiger partial charge in [-0.2, -0.15) is 5.48 Å². The van der Waals surface area contributed by atoms with E-state index in [2.05, 4.69) is 10.6 Å². The third-order valence-electron chi connectivity index (χ3n) is 6.19. The van der Waals surface area contributed by atoms with Crippen molar-refractivity contribution in [2.45, 2.75) is 50.6 Å². The van der Waals surface area contributed by atoms with E-state index in [1.165, 1.54) is 4.90 Å². The largest absolute Gasteiger partial charge is 0.477 e. The molecule has 0 aliphatic carbocycles. The molecule has 17 nitrogen and oxygen atoms in total. The van der Waals surface area contributed by atoms with Crippen LogP contribution in [0.3, 0.4) is 0 Å². The predicted molar refractivity (Wildman–Crippen MR) is 128 cm³/mol. The van der Waals surface area contributed by atoms with E-state index in [0.717, 1.165) is 30.5 Å². The van der Waals surface area contributed by atoms with Gasteiger partial charge in [-0.1, -0.05) is 0 Å². The van der Waals surface area contributed by atoms with Gasteiger partial charge in [0.1, 0.15) is 23.2 Å². The molecule has 1 unspecified atom stereocenters. The first-order valence-electron chi connectivity index (χ1n) is 11.7. The van der Waals surface area contributed by atoms with Gasteiger partial charge in [0, 0.05) is 37.9 Å². The molecule has 0 bridgehead atoms. The number of nitrogens with one attached hydrogen (secondary N) is 3. The van der Waals surface area contributed by atoms with Crippen molar-refractivity contribution < 1.29 is 53.7 Å². The zero-order valence-electron chi connectivity index (χ0n) is 21.1. The van der Waals surface area contributed by atoms with Crippen molar-refractivity contribution in [3.8, 4) is 0 Å². The first-order chi connectivity index (χ1) is 18.3. The van der Waals surface area contributed by atoms with Crippen LogP contribution < -0.4 is 16.1 Å². The number of aliphatic hydroxyl groups is 1. The summed E-state index contributed by atoms with van der Waals surface area (Å²) < 4.78 is 5.13. The standard InChI is InChI=1S/C21H28N6O11S/c1-4-25-5-6-26(18(33)17(25)32)21(36)22-11(8(2)28)14(30)23-15(38-9(3)29)10-7-39-19-12(24-37)16(31)27(19)13(10)20(34)35/h8,11-12,15,19,24,28,37H,4-7H2,1-3H3,(H,22,36)(H,23,30)(H,34,35)/t8-,11+,12-,15?,19+/m0/s1. The lowest BCUT2D eigenvalue weighted by atomic mass is 10.0. The number of carbonyl (C=O) groups is 7. The van der Waals surface area contributed by atoms with Crippen LogP contribution in [-0.4, -0.2) is 127 Å². The van der Waals surface area contributed by atoms with E-state index in [1.807, 2.05) is 0 Å². The number of esters is 1. The molecule has 0 aromatic heterocycles. The molecule has 0 radical (unpaired) electrons. The number of aliphatic carboxylic acids is 1. The monoisotopic (exact) mass is 572 g/mol. The third kappa shape index (κ3) is 5.82. The van der Waals surface area contributed by atoms with Gasteiger partial charge in [-0.25, -0.2) is 9.59 Å². The third-order valence-corrected chi connectivity index (χ3v) is 7.49. The molecule has 3 aliphatic rings. The zero-order chi connectivity index (χ0) is 29.2. The summed E-state index contributed by atoms with van der Waals surface area (Å²) in [6.07, 6.45) is -3.28. The average molecular weight is 573 g/mol. The minimum Gasteiger partial charge on any atom is -0.477 e. The summed E-state index contributed by atoms with van der Waals surface area (Å²) in [6, 6.07) is -3.92. The van der Waals surface area contributed by atoms with Gasteiger partial charge >= 0.3 is 29.8 Å². The van der Waals surface area contributed by atoms with Gasteiger partial charge in [0.25, 0.3) is 5.91 Å². The van der Waals surface area contributed by atoms with Crippen LogP contribution in [0.4, 0.5) is 4.79 Å². The Morgan fingerprint density at radius 1 is 1.13 bits per heavy atom. The van der Waals surface area contributed by atoms with Crippen LogP contribution in [0, 0.1) is 0 Å². The Morgan fingerprint density at radius 3 is 2.33 bits per heavy atom. The molecule has 5 atom stereocenters. The number of urea groups is 1. The van der Waals surface area contributed by atoms with E-state index < -0.39 is 77.1 Å². The molecular formula is C21H28N6O11S.